The highest BCUT2D eigenvalue weighted by Crippen LogP contribution is 2.18. The van der Waals surface area contributed by atoms with Crippen LogP contribution in [0.25, 0.3) is 0 Å². The highest BCUT2D eigenvalue weighted by atomic mass is 16.4. The van der Waals surface area contributed by atoms with Gasteiger partial charge in [0.1, 0.15) is 6.04 Å². The van der Waals surface area contributed by atoms with Crippen molar-refractivity contribution in [2.45, 2.75) is 44.6 Å². The Hall–Kier alpha value is -2.10. The fraction of sp³-hybridized carbons (Fsp3) is 0.412. The highest BCUT2D eigenvalue weighted by Gasteiger charge is 2.21. The number of aliphatic carboxylic acids is 1. The van der Waals surface area contributed by atoms with Crippen LogP contribution < -0.4 is 5.32 Å². The highest BCUT2D eigenvalue weighted by molar-refractivity contribution is 5.95. The summed E-state index contributed by atoms with van der Waals surface area (Å²) in [6.45, 7) is 3.81. The first-order valence-electron chi connectivity index (χ1n) is 7.36. The van der Waals surface area contributed by atoms with Crippen molar-refractivity contribution in [1.29, 1.82) is 0 Å². The molecule has 4 nitrogen and oxygen atoms in total. The number of amides is 1. The van der Waals surface area contributed by atoms with Crippen molar-refractivity contribution in [2.75, 3.05) is 0 Å². The summed E-state index contributed by atoms with van der Waals surface area (Å²) in [5.41, 5.74) is 2.76. The lowest BCUT2D eigenvalue weighted by atomic mass is 9.95. The predicted molar refractivity (Wildman–Crippen MR) is 81.0 cm³/mol. The number of fused-ring (bicyclic) bond motifs is 1. The lowest BCUT2D eigenvalue weighted by molar-refractivity contribution is -0.141. The molecule has 1 heterocycles. The molecule has 0 saturated heterocycles. The minimum Gasteiger partial charge on any atom is -0.480 e. The van der Waals surface area contributed by atoms with E-state index in [-0.39, 0.29) is 5.91 Å². The van der Waals surface area contributed by atoms with Gasteiger partial charge in [-0.05, 0) is 30.4 Å². The monoisotopic (exact) mass is 287 g/mol. The number of carbonyl (C=O) groups is 2. The Bertz CT molecular complexity index is 551. The first-order valence-corrected chi connectivity index (χ1v) is 7.36. The molecule has 4 heteroatoms. The van der Waals surface area contributed by atoms with Crippen LogP contribution in [-0.2, 0) is 22.4 Å². The number of benzene rings is 1. The van der Waals surface area contributed by atoms with Gasteiger partial charge in [-0.1, -0.05) is 43.7 Å². The molecule has 1 aromatic carbocycles. The van der Waals surface area contributed by atoms with E-state index in [1.807, 2.05) is 18.2 Å². The summed E-state index contributed by atoms with van der Waals surface area (Å²) in [6.07, 6.45) is 4.69. The molecule has 1 aromatic rings. The average Bonchev–Trinajstić information content (AvgIpc) is 2.45. The Balaban J connectivity index is 2.19. The summed E-state index contributed by atoms with van der Waals surface area (Å²) in [6, 6.07) is 7.24. The molecule has 0 saturated carbocycles. The predicted octanol–water partition coefficient (Wildman–Crippen LogP) is 2.47. The first kappa shape index (κ1) is 15.3. The smallest absolute Gasteiger partial charge is 0.326 e. The van der Waals surface area contributed by atoms with Crippen LogP contribution in [0.15, 0.2) is 36.4 Å². The second-order valence-corrected chi connectivity index (χ2v) is 5.51. The zero-order chi connectivity index (χ0) is 15.2. The largest absolute Gasteiger partial charge is 0.480 e. The van der Waals surface area contributed by atoms with E-state index in [2.05, 4.69) is 18.0 Å². The first-order chi connectivity index (χ1) is 10.1. The number of carboxylic acids is 1. The van der Waals surface area contributed by atoms with Gasteiger partial charge in [0.15, 0.2) is 0 Å². The SMILES string of the molecule is C=C1Cc2ccccc2CCCCC[C@@H](C(=O)O)NC1=O. The van der Waals surface area contributed by atoms with Gasteiger partial charge in [-0.3, -0.25) is 4.79 Å². The number of nitrogens with one attached hydrogen (secondary N) is 1. The fourth-order valence-electron chi connectivity index (χ4n) is 2.64. The summed E-state index contributed by atoms with van der Waals surface area (Å²) in [4.78, 5) is 23.3. The maximum Gasteiger partial charge on any atom is 0.326 e. The van der Waals surface area contributed by atoms with Gasteiger partial charge >= 0.3 is 5.97 Å². The van der Waals surface area contributed by atoms with Crippen LogP contribution in [0, 0.1) is 0 Å². The Morgan fingerprint density at radius 1 is 1.19 bits per heavy atom. The van der Waals surface area contributed by atoms with E-state index < -0.39 is 12.0 Å². The Morgan fingerprint density at radius 3 is 2.62 bits per heavy atom. The van der Waals surface area contributed by atoms with Crippen LogP contribution in [0.1, 0.15) is 36.8 Å². The van der Waals surface area contributed by atoms with Crippen molar-refractivity contribution in [1.82, 2.24) is 5.32 Å². The minimum absolute atomic E-state index is 0.363. The third-order valence-corrected chi connectivity index (χ3v) is 3.89. The van der Waals surface area contributed by atoms with Gasteiger partial charge in [0.25, 0.3) is 0 Å². The molecule has 0 bridgehead atoms. The fourth-order valence-corrected chi connectivity index (χ4v) is 2.64. The summed E-state index contributed by atoms with van der Waals surface area (Å²) in [5.74, 6) is -1.34. The van der Waals surface area contributed by atoms with Crippen molar-refractivity contribution in [3.8, 4) is 0 Å². The number of hydrogen-bond acceptors (Lipinski definition) is 2. The molecule has 0 aromatic heterocycles. The van der Waals surface area contributed by atoms with E-state index in [1.165, 1.54) is 5.56 Å². The maximum atomic E-state index is 12.1. The second kappa shape index (κ2) is 7.07. The quantitative estimate of drug-likeness (QED) is 0.780. The molecule has 2 rings (SSSR count). The van der Waals surface area contributed by atoms with Crippen molar-refractivity contribution >= 4 is 11.9 Å². The molecule has 2 N–H and O–H groups in total. The number of carbonyl (C=O) groups excluding carboxylic acids is 1. The number of rotatable bonds is 1. The van der Waals surface area contributed by atoms with E-state index in [0.717, 1.165) is 31.2 Å². The standard InChI is InChI=1S/C17H21NO3/c1-12-11-14-9-6-5-8-13(14)7-3-2-4-10-15(17(20)21)18-16(12)19/h5-6,8-9,15H,1-4,7,10-11H2,(H,18,19)(H,20,21)/t15-/m0/s1. The zero-order valence-electron chi connectivity index (χ0n) is 12.1. The van der Waals surface area contributed by atoms with Crippen molar-refractivity contribution < 1.29 is 14.7 Å². The maximum absolute atomic E-state index is 12.1. The Labute approximate surface area is 124 Å². The van der Waals surface area contributed by atoms with Gasteiger partial charge in [0.2, 0.25) is 5.91 Å². The molecule has 0 unspecified atom stereocenters. The molecule has 0 aliphatic carbocycles. The zero-order valence-corrected chi connectivity index (χ0v) is 12.1. The number of carboxylic acid groups (broad SMARTS) is 1. The van der Waals surface area contributed by atoms with Gasteiger partial charge in [-0.2, -0.15) is 0 Å². The van der Waals surface area contributed by atoms with E-state index in [9.17, 15) is 9.59 Å². The number of aryl methyl sites for hydroxylation is 1. The molecule has 1 atom stereocenters. The van der Waals surface area contributed by atoms with Crippen LogP contribution in [0.2, 0.25) is 0 Å². The third kappa shape index (κ3) is 4.18. The van der Waals surface area contributed by atoms with Crippen molar-refractivity contribution in [2.24, 2.45) is 0 Å². The molecule has 1 amide bonds. The minimum atomic E-state index is -0.978. The molecule has 112 valence electrons. The molecule has 0 radical (unpaired) electrons. The van der Waals surface area contributed by atoms with E-state index in [4.69, 9.17) is 5.11 Å². The lowest BCUT2D eigenvalue weighted by Crippen LogP contribution is -2.41. The van der Waals surface area contributed by atoms with Crippen LogP contribution >= 0.6 is 0 Å². The van der Waals surface area contributed by atoms with Gasteiger partial charge in [0.05, 0.1) is 0 Å². The number of hydrogen-bond donors (Lipinski definition) is 2. The van der Waals surface area contributed by atoms with E-state index in [0.29, 0.717) is 18.4 Å². The summed E-state index contributed by atoms with van der Waals surface area (Å²) >= 11 is 0. The molecule has 1 aliphatic rings. The van der Waals surface area contributed by atoms with Crippen LogP contribution in [0.3, 0.4) is 0 Å². The van der Waals surface area contributed by atoms with Gasteiger partial charge in [-0.25, -0.2) is 4.79 Å². The average molecular weight is 287 g/mol. The molecule has 21 heavy (non-hydrogen) atoms. The summed E-state index contributed by atoms with van der Waals surface area (Å²) in [5, 5.41) is 11.7. The normalized spacial score (nSPS) is 20.7. The van der Waals surface area contributed by atoms with E-state index >= 15 is 0 Å². The van der Waals surface area contributed by atoms with Crippen molar-refractivity contribution in [3.63, 3.8) is 0 Å². The third-order valence-electron chi connectivity index (χ3n) is 3.89. The van der Waals surface area contributed by atoms with Gasteiger partial charge in [-0.15, -0.1) is 0 Å². The summed E-state index contributed by atoms with van der Waals surface area (Å²) < 4.78 is 0. The Kier molecular flexibility index (Phi) is 5.14. The Morgan fingerprint density at radius 2 is 1.90 bits per heavy atom. The second-order valence-electron chi connectivity index (χ2n) is 5.51. The summed E-state index contributed by atoms with van der Waals surface area (Å²) in [7, 11) is 0. The molecule has 1 aliphatic heterocycles. The molecule has 0 fully saturated rings. The lowest BCUT2D eigenvalue weighted by Gasteiger charge is -2.18. The topological polar surface area (TPSA) is 66.4 Å². The molecular weight excluding hydrogens is 266 g/mol. The van der Waals surface area contributed by atoms with Crippen molar-refractivity contribution in [3.05, 3.63) is 47.5 Å². The van der Waals surface area contributed by atoms with Gasteiger partial charge < -0.3 is 10.4 Å². The van der Waals surface area contributed by atoms with Crippen LogP contribution in [-0.4, -0.2) is 23.0 Å². The molecule has 0 spiro atoms. The van der Waals surface area contributed by atoms with Crippen LogP contribution in [0.4, 0.5) is 0 Å². The molecular formula is C17H21NO3. The van der Waals surface area contributed by atoms with Crippen LogP contribution in [0.5, 0.6) is 0 Å². The van der Waals surface area contributed by atoms with Gasteiger partial charge in [0, 0.05) is 12.0 Å². The van der Waals surface area contributed by atoms with E-state index in [1.54, 1.807) is 0 Å².